The normalized spacial score (nSPS) is 10.8. The molecule has 0 aliphatic rings. The SMILES string of the molecule is C#Cc1cc(OCc2ccccc2)cc(-c2ccc(C(=O)OC(C)(C)C)cc2)c1. The van der Waals surface area contributed by atoms with E-state index in [1.54, 1.807) is 12.1 Å². The molecule has 29 heavy (non-hydrogen) atoms. The molecule has 0 aliphatic heterocycles. The van der Waals surface area contributed by atoms with Crippen LogP contribution < -0.4 is 4.74 Å². The minimum Gasteiger partial charge on any atom is -0.489 e. The molecule has 0 unspecified atom stereocenters. The third kappa shape index (κ3) is 5.73. The lowest BCUT2D eigenvalue weighted by Crippen LogP contribution is -2.23. The fourth-order valence-corrected chi connectivity index (χ4v) is 2.81. The van der Waals surface area contributed by atoms with Crippen LogP contribution in [0.15, 0.2) is 72.8 Å². The number of rotatable bonds is 5. The van der Waals surface area contributed by atoms with Crippen LogP contribution in [0, 0.1) is 12.3 Å². The average molecular weight is 384 g/mol. The number of benzene rings is 3. The Morgan fingerprint density at radius 3 is 2.24 bits per heavy atom. The third-order valence-electron chi connectivity index (χ3n) is 4.17. The van der Waals surface area contributed by atoms with Crippen LogP contribution >= 0.6 is 0 Å². The second kappa shape index (κ2) is 8.67. The molecule has 146 valence electrons. The van der Waals surface area contributed by atoms with Crippen LogP contribution in [0.25, 0.3) is 11.1 Å². The summed E-state index contributed by atoms with van der Waals surface area (Å²) in [7, 11) is 0. The number of ether oxygens (including phenoxy) is 2. The van der Waals surface area contributed by atoms with Crippen molar-refractivity contribution in [2.75, 3.05) is 0 Å². The zero-order valence-corrected chi connectivity index (χ0v) is 16.9. The molecule has 3 rings (SSSR count). The van der Waals surface area contributed by atoms with E-state index in [9.17, 15) is 4.79 Å². The molecule has 0 saturated carbocycles. The molecule has 3 nitrogen and oxygen atoms in total. The van der Waals surface area contributed by atoms with Gasteiger partial charge in [-0.3, -0.25) is 0 Å². The van der Waals surface area contributed by atoms with Crippen molar-refractivity contribution in [3.63, 3.8) is 0 Å². The zero-order valence-electron chi connectivity index (χ0n) is 16.9. The molecule has 0 fully saturated rings. The van der Waals surface area contributed by atoms with E-state index in [4.69, 9.17) is 15.9 Å². The van der Waals surface area contributed by atoms with Gasteiger partial charge in [-0.1, -0.05) is 48.4 Å². The fraction of sp³-hybridized carbons (Fsp3) is 0.192. The summed E-state index contributed by atoms with van der Waals surface area (Å²) in [5, 5.41) is 0. The molecular weight excluding hydrogens is 360 g/mol. The van der Waals surface area contributed by atoms with Crippen molar-refractivity contribution >= 4 is 5.97 Å². The third-order valence-corrected chi connectivity index (χ3v) is 4.17. The van der Waals surface area contributed by atoms with E-state index in [1.165, 1.54) is 0 Å². The molecule has 0 bridgehead atoms. The molecule has 0 aliphatic carbocycles. The number of hydrogen-bond donors (Lipinski definition) is 0. The van der Waals surface area contributed by atoms with Crippen molar-refractivity contribution in [2.24, 2.45) is 0 Å². The lowest BCUT2D eigenvalue weighted by atomic mass is 10.0. The van der Waals surface area contributed by atoms with Gasteiger partial charge in [-0.15, -0.1) is 6.42 Å². The first-order valence-electron chi connectivity index (χ1n) is 9.46. The minimum absolute atomic E-state index is 0.340. The Morgan fingerprint density at radius 2 is 1.62 bits per heavy atom. The lowest BCUT2D eigenvalue weighted by molar-refractivity contribution is 0.00695. The molecule has 0 N–H and O–H groups in total. The van der Waals surface area contributed by atoms with Gasteiger partial charge in [-0.25, -0.2) is 4.79 Å². The Bertz CT molecular complexity index is 1020. The highest BCUT2D eigenvalue weighted by atomic mass is 16.6. The van der Waals surface area contributed by atoms with Crippen LogP contribution in [0.5, 0.6) is 5.75 Å². The highest BCUT2D eigenvalue weighted by Crippen LogP contribution is 2.27. The van der Waals surface area contributed by atoms with Crippen molar-refractivity contribution in [2.45, 2.75) is 33.0 Å². The number of carbonyl (C=O) groups is 1. The van der Waals surface area contributed by atoms with Crippen LogP contribution in [-0.4, -0.2) is 11.6 Å². The molecule has 0 aromatic heterocycles. The first kappa shape index (κ1) is 20.2. The molecule has 0 radical (unpaired) electrons. The van der Waals surface area contributed by atoms with Crippen molar-refractivity contribution in [3.8, 4) is 29.2 Å². The second-order valence-corrected chi connectivity index (χ2v) is 7.74. The summed E-state index contributed by atoms with van der Waals surface area (Å²) < 4.78 is 11.4. The standard InChI is InChI=1S/C26H24O3/c1-5-19-15-23(17-24(16-19)28-18-20-9-7-6-8-10-20)21-11-13-22(14-12-21)25(27)29-26(2,3)4/h1,6-17H,18H2,2-4H3. The van der Waals surface area contributed by atoms with Gasteiger partial charge >= 0.3 is 5.97 Å². The van der Waals surface area contributed by atoms with E-state index in [-0.39, 0.29) is 5.97 Å². The minimum atomic E-state index is -0.526. The Balaban J connectivity index is 1.81. The van der Waals surface area contributed by atoms with Gasteiger partial charge in [-0.2, -0.15) is 0 Å². The Morgan fingerprint density at radius 1 is 0.931 bits per heavy atom. The number of hydrogen-bond acceptors (Lipinski definition) is 3. The molecule has 0 heterocycles. The van der Waals surface area contributed by atoms with Crippen molar-refractivity contribution < 1.29 is 14.3 Å². The summed E-state index contributed by atoms with van der Waals surface area (Å²) in [6, 6.07) is 23.0. The molecule has 3 heteroatoms. The number of terminal acetylenes is 1. The summed E-state index contributed by atoms with van der Waals surface area (Å²) in [6.07, 6.45) is 5.63. The topological polar surface area (TPSA) is 35.5 Å². The maximum atomic E-state index is 12.2. The maximum absolute atomic E-state index is 12.2. The molecular formula is C26H24O3. The smallest absolute Gasteiger partial charge is 0.338 e. The van der Waals surface area contributed by atoms with Gasteiger partial charge in [0.1, 0.15) is 18.0 Å². The predicted molar refractivity (Wildman–Crippen MR) is 116 cm³/mol. The van der Waals surface area contributed by atoms with Crippen LogP contribution in [0.2, 0.25) is 0 Å². The van der Waals surface area contributed by atoms with Gasteiger partial charge in [0.25, 0.3) is 0 Å². The van der Waals surface area contributed by atoms with Gasteiger partial charge in [0.2, 0.25) is 0 Å². The van der Waals surface area contributed by atoms with E-state index in [2.05, 4.69) is 5.92 Å². The largest absolute Gasteiger partial charge is 0.489 e. The van der Waals surface area contributed by atoms with Gasteiger partial charge in [0.05, 0.1) is 5.56 Å². The van der Waals surface area contributed by atoms with Crippen LogP contribution in [0.1, 0.15) is 42.3 Å². The van der Waals surface area contributed by atoms with Crippen molar-refractivity contribution in [1.82, 2.24) is 0 Å². The second-order valence-electron chi connectivity index (χ2n) is 7.74. The van der Waals surface area contributed by atoms with Gasteiger partial charge in [0.15, 0.2) is 0 Å². The summed E-state index contributed by atoms with van der Waals surface area (Å²) in [5.41, 5.74) is 3.68. The molecule has 0 spiro atoms. The van der Waals surface area contributed by atoms with E-state index in [0.29, 0.717) is 17.9 Å². The van der Waals surface area contributed by atoms with E-state index < -0.39 is 5.60 Å². The molecule has 0 saturated heterocycles. The monoisotopic (exact) mass is 384 g/mol. The average Bonchev–Trinajstić information content (AvgIpc) is 2.71. The van der Waals surface area contributed by atoms with Crippen LogP contribution in [0.4, 0.5) is 0 Å². The Kier molecular flexibility index (Phi) is 6.04. The highest BCUT2D eigenvalue weighted by Gasteiger charge is 2.17. The van der Waals surface area contributed by atoms with Gasteiger partial charge in [0, 0.05) is 5.56 Å². The highest BCUT2D eigenvalue weighted by molar-refractivity contribution is 5.90. The van der Waals surface area contributed by atoms with E-state index >= 15 is 0 Å². The molecule has 0 amide bonds. The first-order chi connectivity index (χ1) is 13.8. The quantitative estimate of drug-likeness (QED) is 0.408. The summed E-state index contributed by atoms with van der Waals surface area (Å²) in [6.45, 7) is 6.01. The molecule has 0 atom stereocenters. The maximum Gasteiger partial charge on any atom is 0.338 e. The van der Waals surface area contributed by atoms with Crippen molar-refractivity contribution in [3.05, 3.63) is 89.5 Å². The van der Waals surface area contributed by atoms with Crippen LogP contribution in [-0.2, 0) is 11.3 Å². The summed E-state index contributed by atoms with van der Waals surface area (Å²) >= 11 is 0. The zero-order chi connectivity index (χ0) is 20.9. The van der Waals surface area contributed by atoms with Crippen molar-refractivity contribution in [1.29, 1.82) is 0 Å². The summed E-state index contributed by atoms with van der Waals surface area (Å²) in [5.74, 6) is 3.04. The Labute approximate surface area is 172 Å². The Hall–Kier alpha value is -3.51. The fourth-order valence-electron chi connectivity index (χ4n) is 2.81. The molecule has 3 aromatic carbocycles. The van der Waals surface area contributed by atoms with E-state index in [0.717, 1.165) is 22.3 Å². The molecule has 3 aromatic rings. The number of esters is 1. The van der Waals surface area contributed by atoms with Gasteiger partial charge < -0.3 is 9.47 Å². The first-order valence-corrected chi connectivity index (χ1v) is 9.46. The lowest BCUT2D eigenvalue weighted by Gasteiger charge is -2.19. The summed E-state index contributed by atoms with van der Waals surface area (Å²) in [4.78, 5) is 12.2. The van der Waals surface area contributed by atoms with E-state index in [1.807, 2.05) is 81.4 Å². The predicted octanol–water partition coefficient (Wildman–Crippen LogP) is 5.87. The number of carbonyl (C=O) groups excluding carboxylic acids is 1. The van der Waals surface area contributed by atoms with Gasteiger partial charge in [-0.05, 0) is 67.8 Å². The van der Waals surface area contributed by atoms with Crippen LogP contribution in [0.3, 0.4) is 0 Å².